The van der Waals surface area contributed by atoms with Crippen LogP contribution in [0.25, 0.3) is 0 Å². The van der Waals surface area contributed by atoms with Crippen LogP contribution in [-0.4, -0.2) is 29.8 Å². The van der Waals surface area contributed by atoms with Crippen LogP contribution in [0, 0.1) is 11.7 Å². The quantitative estimate of drug-likeness (QED) is 0.732. The summed E-state index contributed by atoms with van der Waals surface area (Å²) in [5.41, 5.74) is 7.61. The molecule has 148 valence electrons. The zero-order valence-corrected chi connectivity index (χ0v) is 15.9. The Kier molecular flexibility index (Phi) is 6.76. The summed E-state index contributed by atoms with van der Waals surface area (Å²) in [5.74, 6) is -0.452. The van der Waals surface area contributed by atoms with Crippen molar-refractivity contribution in [2.24, 2.45) is 11.7 Å². The number of nitrogens with one attached hydrogen (secondary N) is 1. The van der Waals surface area contributed by atoms with Crippen molar-refractivity contribution in [1.82, 2.24) is 4.90 Å². The summed E-state index contributed by atoms with van der Waals surface area (Å²) in [7, 11) is 0. The van der Waals surface area contributed by atoms with Crippen molar-refractivity contribution in [2.75, 3.05) is 18.4 Å². The number of halogens is 1. The van der Waals surface area contributed by atoms with Crippen LogP contribution in [0.2, 0.25) is 0 Å². The number of carbonyl (C=O) groups is 2. The Labute approximate surface area is 164 Å². The lowest BCUT2D eigenvalue weighted by atomic mass is 9.85. The lowest BCUT2D eigenvalue weighted by molar-refractivity contribution is -0.122. The molecule has 3 rings (SSSR count). The monoisotopic (exact) mass is 383 g/mol. The number of anilines is 1. The Morgan fingerprint density at radius 3 is 2.50 bits per heavy atom. The fourth-order valence-corrected chi connectivity index (χ4v) is 3.17. The average Bonchev–Trinajstić information content (AvgIpc) is 2.64. The van der Waals surface area contributed by atoms with E-state index in [2.05, 4.69) is 5.32 Å². The summed E-state index contributed by atoms with van der Waals surface area (Å²) in [6, 6.07) is 13.2. The van der Waals surface area contributed by atoms with Gasteiger partial charge in [-0.25, -0.2) is 4.39 Å². The summed E-state index contributed by atoms with van der Waals surface area (Å²) in [5, 5.41) is 2.94. The SMILES string of the molecule is NCCCN(Cc1ccc(NC(=O)C2CCC2)cc1)C(=O)c1cccc(F)c1. The van der Waals surface area contributed by atoms with E-state index in [-0.39, 0.29) is 17.7 Å². The predicted octanol–water partition coefficient (Wildman–Crippen LogP) is 3.56. The molecule has 2 amide bonds. The van der Waals surface area contributed by atoms with Gasteiger partial charge in [-0.3, -0.25) is 9.59 Å². The molecule has 2 aromatic carbocycles. The van der Waals surface area contributed by atoms with Gasteiger partial charge in [-0.1, -0.05) is 24.6 Å². The third-order valence-electron chi connectivity index (χ3n) is 5.06. The fourth-order valence-electron chi connectivity index (χ4n) is 3.17. The van der Waals surface area contributed by atoms with E-state index >= 15 is 0 Å². The lowest BCUT2D eigenvalue weighted by Crippen LogP contribution is -2.32. The van der Waals surface area contributed by atoms with Crippen LogP contribution in [0.1, 0.15) is 41.6 Å². The number of nitrogens with zero attached hydrogens (tertiary/aromatic N) is 1. The molecule has 1 saturated carbocycles. The second-order valence-corrected chi connectivity index (χ2v) is 7.19. The van der Waals surface area contributed by atoms with Crippen molar-refractivity contribution in [1.29, 1.82) is 0 Å². The van der Waals surface area contributed by atoms with Gasteiger partial charge in [0.25, 0.3) is 5.91 Å². The van der Waals surface area contributed by atoms with Crippen LogP contribution in [0.15, 0.2) is 48.5 Å². The molecule has 0 bridgehead atoms. The molecule has 0 unspecified atom stereocenters. The van der Waals surface area contributed by atoms with Gasteiger partial charge in [0.1, 0.15) is 5.82 Å². The Morgan fingerprint density at radius 1 is 1.14 bits per heavy atom. The molecule has 1 fully saturated rings. The van der Waals surface area contributed by atoms with Crippen LogP contribution in [0.5, 0.6) is 0 Å². The normalized spacial score (nSPS) is 13.6. The number of nitrogens with two attached hydrogens (primary N) is 1. The Balaban J connectivity index is 1.66. The molecule has 0 saturated heterocycles. The molecule has 28 heavy (non-hydrogen) atoms. The van der Waals surface area contributed by atoms with E-state index in [9.17, 15) is 14.0 Å². The van der Waals surface area contributed by atoms with E-state index in [4.69, 9.17) is 5.73 Å². The maximum absolute atomic E-state index is 13.5. The Hall–Kier alpha value is -2.73. The summed E-state index contributed by atoms with van der Waals surface area (Å²) in [6.45, 7) is 1.36. The van der Waals surface area contributed by atoms with Crippen LogP contribution in [-0.2, 0) is 11.3 Å². The topological polar surface area (TPSA) is 75.4 Å². The van der Waals surface area contributed by atoms with Gasteiger partial charge in [0.05, 0.1) is 0 Å². The van der Waals surface area contributed by atoms with Gasteiger partial charge in [-0.2, -0.15) is 0 Å². The summed E-state index contributed by atoms with van der Waals surface area (Å²) in [6.07, 6.45) is 3.70. The highest BCUT2D eigenvalue weighted by atomic mass is 19.1. The van der Waals surface area contributed by atoms with Crippen LogP contribution in [0.3, 0.4) is 0 Å². The van der Waals surface area contributed by atoms with E-state index in [1.165, 1.54) is 18.2 Å². The fraction of sp³-hybridized carbons (Fsp3) is 0.364. The van der Waals surface area contributed by atoms with E-state index in [1.54, 1.807) is 11.0 Å². The van der Waals surface area contributed by atoms with E-state index < -0.39 is 5.82 Å². The minimum atomic E-state index is -0.434. The van der Waals surface area contributed by atoms with Crippen LogP contribution >= 0.6 is 0 Å². The summed E-state index contributed by atoms with van der Waals surface area (Å²) >= 11 is 0. The minimum absolute atomic E-state index is 0.0739. The molecule has 0 aliphatic heterocycles. The van der Waals surface area contributed by atoms with Crippen molar-refractivity contribution in [3.63, 3.8) is 0 Å². The molecule has 2 aromatic rings. The molecule has 1 aliphatic rings. The number of benzene rings is 2. The standard InChI is InChI=1S/C22H26FN3O2/c23-19-7-2-6-18(14-19)22(28)26(13-3-12-24)15-16-8-10-20(11-9-16)25-21(27)17-4-1-5-17/h2,6-11,14,17H,1,3-5,12-13,15,24H2,(H,25,27). The highest BCUT2D eigenvalue weighted by Crippen LogP contribution is 2.27. The lowest BCUT2D eigenvalue weighted by Gasteiger charge is -2.24. The molecular formula is C22H26FN3O2. The van der Waals surface area contributed by atoms with E-state index in [0.717, 1.165) is 30.5 Å². The van der Waals surface area contributed by atoms with E-state index in [1.807, 2.05) is 24.3 Å². The predicted molar refractivity (Wildman–Crippen MR) is 107 cm³/mol. The second-order valence-electron chi connectivity index (χ2n) is 7.19. The van der Waals surface area contributed by atoms with Crippen LogP contribution < -0.4 is 11.1 Å². The van der Waals surface area contributed by atoms with Gasteiger partial charge in [-0.15, -0.1) is 0 Å². The van der Waals surface area contributed by atoms with Crippen molar-refractivity contribution >= 4 is 17.5 Å². The molecule has 0 radical (unpaired) electrons. The maximum Gasteiger partial charge on any atom is 0.254 e. The molecular weight excluding hydrogens is 357 g/mol. The minimum Gasteiger partial charge on any atom is -0.334 e. The Morgan fingerprint density at radius 2 is 1.89 bits per heavy atom. The van der Waals surface area contributed by atoms with Crippen molar-refractivity contribution in [3.8, 4) is 0 Å². The number of amides is 2. The first-order valence-corrected chi connectivity index (χ1v) is 9.71. The van der Waals surface area contributed by atoms with Crippen LogP contribution in [0.4, 0.5) is 10.1 Å². The van der Waals surface area contributed by atoms with Crippen molar-refractivity contribution < 1.29 is 14.0 Å². The highest BCUT2D eigenvalue weighted by Gasteiger charge is 2.25. The summed E-state index contributed by atoms with van der Waals surface area (Å²) < 4.78 is 13.5. The molecule has 0 atom stereocenters. The summed E-state index contributed by atoms with van der Waals surface area (Å²) in [4.78, 5) is 26.5. The molecule has 0 spiro atoms. The molecule has 0 aromatic heterocycles. The third-order valence-corrected chi connectivity index (χ3v) is 5.06. The van der Waals surface area contributed by atoms with Crippen molar-refractivity contribution in [3.05, 3.63) is 65.5 Å². The second kappa shape index (κ2) is 9.46. The molecule has 1 aliphatic carbocycles. The number of hydrogen-bond acceptors (Lipinski definition) is 3. The van der Waals surface area contributed by atoms with Crippen molar-refractivity contribution in [2.45, 2.75) is 32.2 Å². The largest absolute Gasteiger partial charge is 0.334 e. The first kappa shape index (κ1) is 20.0. The molecule has 6 heteroatoms. The van der Waals surface area contributed by atoms with Gasteiger partial charge in [0.15, 0.2) is 0 Å². The highest BCUT2D eigenvalue weighted by molar-refractivity contribution is 5.94. The first-order chi connectivity index (χ1) is 13.6. The van der Waals surface area contributed by atoms with Gasteiger partial charge in [0, 0.05) is 30.3 Å². The van der Waals surface area contributed by atoms with Gasteiger partial charge in [0.2, 0.25) is 5.91 Å². The third kappa shape index (κ3) is 5.16. The maximum atomic E-state index is 13.5. The molecule has 0 heterocycles. The first-order valence-electron chi connectivity index (χ1n) is 9.71. The van der Waals surface area contributed by atoms with Gasteiger partial charge in [-0.05, 0) is 61.7 Å². The number of rotatable bonds is 8. The zero-order chi connectivity index (χ0) is 19.9. The number of hydrogen-bond donors (Lipinski definition) is 2. The average molecular weight is 383 g/mol. The van der Waals surface area contributed by atoms with E-state index in [0.29, 0.717) is 31.6 Å². The van der Waals surface area contributed by atoms with Gasteiger partial charge < -0.3 is 16.0 Å². The molecule has 3 N–H and O–H groups in total. The Bertz CT molecular complexity index is 819. The number of carbonyl (C=O) groups excluding carboxylic acids is 2. The zero-order valence-electron chi connectivity index (χ0n) is 15.9. The van der Waals surface area contributed by atoms with Gasteiger partial charge >= 0.3 is 0 Å². The molecule has 5 nitrogen and oxygen atoms in total. The smallest absolute Gasteiger partial charge is 0.254 e.